The number of ether oxygens (including phenoxy) is 2. The van der Waals surface area contributed by atoms with E-state index in [1.165, 1.54) is 0 Å². The van der Waals surface area contributed by atoms with Crippen LogP contribution < -0.4 is 20.7 Å². The van der Waals surface area contributed by atoms with Crippen molar-refractivity contribution < 1.29 is 28.7 Å². The molecule has 2 aliphatic rings. The molecule has 46 heavy (non-hydrogen) atoms. The normalized spacial score (nSPS) is 17.1. The third-order valence-electron chi connectivity index (χ3n) is 8.97. The highest BCUT2D eigenvalue weighted by Gasteiger charge is 2.39. The van der Waals surface area contributed by atoms with E-state index in [1.54, 1.807) is 31.3 Å². The van der Waals surface area contributed by atoms with Crippen LogP contribution in [0, 0.1) is 17.3 Å². The quantitative estimate of drug-likeness (QED) is 0.299. The molecule has 2 aromatic rings. The zero-order valence-corrected chi connectivity index (χ0v) is 27.7. The lowest BCUT2D eigenvalue weighted by atomic mass is 9.84. The van der Waals surface area contributed by atoms with Crippen LogP contribution in [0.25, 0.3) is 0 Å². The zero-order valence-electron chi connectivity index (χ0n) is 27.7. The van der Waals surface area contributed by atoms with Crippen LogP contribution >= 0.6 is 0 Å². The summed E-state index contributed by atoms with van der Waals surface area (Å²) < 4.78 is 11.5. The monoisotopic (exact) mass is 634 g/mol. The van der Waals surface area contributed by atoms with Crippen molar-refractivity contribution in [1.82, 2.24) is 20.9 Å². The molecule has 3 N–H and O–H groups in total. The third kappa shape index (κ3) is 10.2. The Morgan fingerprint density at radius 2 is 1.57 bits per heavy atom. The summed E-state index contributed by atoms with van der Waals surface area (Å²) in [6, 6.07) is 15.8. The summed E-state index contributed by atoms with van der Waals surface area (Å²) in [4.78, 5) is 53.8. The molecule has 10 nitrogen and oxygen atoms in total. The van der Waals surface area contributed by atoms with Crippen LogP contribution in [0.1, 0.15) is 81.6 Å². The van der Waals surface area contributed by atoms with Crippen LogP contribution in [-0.4, -0.2) is 67.5 Å². The molecule has 0 aromatic heterocycles. The van der Waals surface area contributed by atoms with Gasteiger partial charge in [0.2, 0.25) is 11.8 Å². The number of nitrogens with zero attached hydrogens (tertiary/aromatic N) is 1. The fraction of sp³-hybridized carbons (Fsp3) is 0.556. The van der Waals surface area contributed by atoms with Gasteiger partial charge in [-0.1, -0.05) is 76.8 Å². The Labute approximate surface area is 273 Å². The highest BCUT2D eigenvalue weighted by Crippen LogP contribution is 2.31. The summed E-state index contributed by atoms with van der Waals surface area (Å²) >= 11 is 0. The van der Waals surface area contributed by atoms with E-state index in [0.29, 0.717) is 49.6 Å². The molecule has 0 spiro atoms. The Morgan fingerprint density at radius 3 is 2.17 bits per heavy atom. The lowest BCUT2D eigenvalue weighted by Crippen LogP contribution is -2.58. The summed E-state index contributed by atoms with van der Waals surface area (Å²) in [7, 11) is 1.59. The summed E-state index contributed by atoms with van der Waals surface area (Å²) in [5, 5.41) is 8.50. The van der Waals surface area contributed by atoms with E-state index in [1.807, 2.05) is 56.0 Å². The van der Waals surface area contributed by atoms with Crippen LogP contribution in [-0.2, 0) is 20.9 Å². The molecule has 1 aliphatic heterocycles. The van der Waals surface area contributed by atoms with Gasteiger partial charge in [0, 0.05) is 45.1 Å². The molecule has 4 amide bonds. The first-order valence-corrected chi connectivity index (χ1v) is 16.6. The van der Waals surface area contributed by atoms with Gasteiger partial charge in [0.1, 0.15) is 24.5 Å². The minimum Gasteiger partial charge on any atom is -0.490 e. The second-order valence-corrected chi connectivity index (χ2v) is 13.6. The molecule has 4 rings (SSSR count). The predicted molar refractivity (Wildman–Crippen MR) is 176 cm³/mol. The van der Waals surface area contributed by atoms with Crippen molar-refractivity contribution in [1.29, 1.82) is 0 Å². The molecule has 0 bridgehead atoms. The van der Waals surface area contributed by atoms with Gasteiger partial charge in [0.05, 0.1) is 5.92 Å². The molecule has 1 saturated carbocycles. The molecule has 1 saturated heterocycles. The van der Waals surface area contributed by atoms with E-state index < -0.39 is 23.5 Å². The van der Waals surface area contributed by atoms with Crippen molar-refractivity contribution in [3.05, 3.63) is 65.7 Å². The van der Waals surface area contributed by atoms with Crippen molar-refractivity contribution in [2.24, 2.45) is 17.3 Å². The topological polar surface area (TPSA) is 126 Å². The lowest BCUT2D eigenvalue weighted by Gasteiger charge is -2.39. The van der Waals surface area contributed by atoms with Gasteiger partial charge in [0.25, 0.3) is 5.91 Å². The van der Waals surface area contributed by atoms with E-state index in [-0.39, 0.29) is 37.0 Å². The summed E-state index contributed by atoms with van der Waals surface area (Å²) in [5.41, 5.74) is 0.929. The second kappa shape index (κ2) is 16.5. The first-order chi connectivity index (χ1) is 22.0. The standard InChI is InChI=1S/C36H50N4O6/c1-36(2,3)31(34(43)40-20-18-30(19-21-40)46-29-16-14-27(15-17-29)32(41)37-4)39-33(42)28(22-25-10-8-9-11-25)23-38-35(44)45-24-26-12-6-5-7-13-26/h5-7,12-17,25,28,30-31H,8-11,18-24H2,1-4H3,(H,37,41)(H,38,44)(H,39,42)/t28-,31-/m1/s1. The Balaban J connectivity index is 1.33. The maximum atomic E-state index is 13.9. The van der Waals surface area contributed by atoms with Gasteiger partial charge in [-0.2, -0.15) is 0 Å². The molecular formula is C36H50N4O6. The molecule has 1 heterocycles. The van der Waals surface area contributed by atoms with Gasteiger partial charge in [-0.15, -0.1) is 0 Å². The summed E-state index contributed by atoms with van der Waals surface area (Å²) in [6.45, 7) is 7.20. The predicted octanol–water partition coefficient (Wildman–Crippen LogP) is 5.07. The Hall–Kier alpha value is -4.08. The average Bonchev–Trinajstić information content (AvgIpc) is 3.58. The second-order valence-electron chi connectivity index (χ2n) is 13.6. The van der Waals surface area contributed by atoms with E-state index >= 15 is 0 Å². The minimum absolute atomic E-state index is 0.0545. The smallest absolute Gasteiger partial charge is 0.407 e. The first-order valence-electron chi connectivity index (χ1n) is 16.6. The number of nitrogens with one attached hydrogen (secondary N) is 3. The Kier molecular flexibility index (Phi) is 12.5. The van der Waals surface area contributed by atoms with Crippen LogP contribution in [0.4, 0.5) is 4.79 Å². The van der Waals surface area contributed by atoms with Gasteiger partial charge >= 0.3 is 6.09 Å². The number of likely N-dealkylation sites (tertiary alicyclic amines) is 1. The van der Waals surface area contributed by atoms with Crippen LogP contribution in [0.5, 0.6) is 5.75 Å². The van der Waals surface area contributed by atoms with Crippen molar-refractivity contribution in [2.45, 2.75) is 84.5 Å². The maximum absolute atomic E-state index is 13.9. The number of hydrogen-bond donors (Lipinski definition) is 3. The highest BCUT2D eigenvalue weighted by molar-refractivity contribution is 5.94. The maximum Gasteiger partial charge on any atom is 0.407 e. The highest BCUT2D eigenvalue weighted by atomic mass is 16.5. The zero-order chi connectivity index (χ0) is 33.1. The van der Waals surface area contributed by atoms with E-state index in [9.17, 15) is 19.2 Å². The fourth-order valence-electron chi connectivity index (χ4n) is 6.22. The van der Waals surface area contributed by atoms with Crippen LogP contribution in [0.3, 0.4) is 0 Å². The third-order valence-corrected chi connectivity index (χ3v) is 8.97. The average molecular weight is 635 g/mol. The SMILES string of the molecule is CNC(=O)c1ccc(OC2CCN(C(=O)[C@@H](NC(=O)[C@@H](CNC(=O)OCc3ccccc3)CC3CCCC3)C(C)(C)C)CC2)cc1. The number of rotatable bonds is 12. The van der Waals surface area contributed by atoms with Crippen LogP contribution in [0.2, 0.25) is 0 Å². The van der Waals surface area contributed by atoms with Gasteiger partial charge in [0.15, 0.2) is 0 Å². The number of alkyl carbamates (subject to hydrolysis) is 1. The number of carbonyl (C=O) groups is 4. The number of amides is 4. The number of benzene rings is 2. The van der Waals surface area contributed by atoms with Crippen molar-refractivity contribution in [2.75, 3.05) is 26.7 Å². The molecule has 2 fully saturated rings. The van der Waals surface area contributed by atoms with Gasteiger partial charge in [-0.05, 0) is 47.6 Å². The molecule has 2 aromatic carbocycles. The van der Waals surface area contributed by atoms with Gasteiger partial charge in [-0.25, -0.2) is 4.79 Å². The molecule has 1 aliphatic carbocycles. The number of carbonyl (C=O) groups excluding carboxylic acids is 4. The summed E-state index contributed by atoms with van der Waals surface area (Å²) in [5.74, 6) is 0.148. The Morgan fingerprint density at radius 1 is 0.913 bits per heavy atom. The van der Waals surface area contributed by atoms with Crippen molar-refractivity contribution in [3.63, 3.8) is 0 Å². The minimum atomic E-state index is -0.717. The molecule has 10 heteroatoms. The van der Waals surface area contributed by atoms with Gasteiger partial charge < -0.3 is 30.3 Å². The van der Waals surface area contributed by atoms with E-state index in [4.69, 9.17) is 9.47 Å². The largest absolute Gasteiger partial charge is 0.490 e. The fourth-order valence-corrected chi connectivity index (χ4v) is 6.22. The molecule has 2 atom stereocenters. The molecule has 0 unspecified atom stereocenters. The number of hydrogen-bond acceptors (Lipinski definition) is 6. The lowest BCUT2D eigenvalue weighted by molar-refractivity contribution is -0.142. The first kappa shape index (κ1) is 34.8. The van der Waals surface area contributed by atoms with Gasteiger partial charge in [-0.3, -0.25) is 14.4 Å². The molecule has 0 radical (unpaired) electrons. The van der Waals surface area contributed by atoms with E-state index in [0.717, 1.165) is 31.2 Å². The molecule has 250 valence electrons. The van der Waals surface area contributed by atoms with Crippen LogP contribution in [0.15, 0.2) is 54.6 Å². The molecular weight excluding hydrogens is 584 g/mol. The Bertz CT molecular complexity index is 1300. The number of piperidine rings is 1. The van der Waals surface area contributed by atoms with E-state index in [2.05, 4.69) is 16.0 Å². The van der Waals surface area contributed by atoms with Crippen molar-refractivity contribution >= 4 is 23.8 Å². The summed E-state index contributed by atoms with van der Waals surface area (Å²) in [6.07, 6.45) is 5.79. The van der Waals surface area contributed by atoms with Crippen molar-refractivity contribution in [3.8, 4) is 5.75 Å².